The summed E-state index contributed by atoms with van der Waals surface area (Å²) < 4.78 is 0. The number of aliphatic carboxylic acids is 2. The van der Waals surface area contributed by atoms with Gasteiger partial charge < -0.3 is 10.2 Å². The van der Waals surface area contributed by atoms with E-state index in [0.717, 1.165) is 22.3 Å². The number of carbonyl (C=O) groups is 2. The minimum atomic E-state index is -1.04. The summed E-state index contributed by atoms with van der Waals surface area (Å²) in [5.41, 5.74) is 3.82. The molecule has 4 heteroatoms. The minimum absolute atomic E-state index is 0.393. The van der Waals surface area contributed by atoms with Gasteiger partial charge >= 0.3 is 11.9 Å². The fraction of sp³-hybridized carbons (Fsp3) is 0.222. The Bertz CT molecular complexity index is 682. The molecule has 0 unspecified atom stereocenters. The Morgan fingerprint density at radius 3 is 1.14 bits per heavy atom. The van der Waals surface area contributed by atoms with Crippen LogP contribution in [0.2, 0.25) is 0 Å². The summed E-state index contributed by atoms with van der Waals surface area (Å²) in [6.07, 6.45) is 0. The molecule has 0 radical (unpaired) electrons. The topological polar surface area (TPSA) is 74.6 Å². The third-order valence-electron chi connectivity index (χ3n) is 5.01. The number of benzene rings is 2. The molecule has 22 heavy (non-hydrogen) atoms. The first-order valence-corrected chi connectivity index (χ1v) is 7.24. The predicted octanol–water partition coefficient (Wildman–Crippen LogP) is 2.68. The number of hydrogen-bond acceptors (Lipinski definition) is 2. The molecule has 0 heterocycles. The van der Waals surface area contributed by atoms with Crippen LogP contribution in [0.1, 0.15) is 34.1 Å². The van der Waals surface area contributed by atoms with E-state index in [1.54, 1.807) is 0 Å². The third kappa shape index (κ3) is 1.52. The predicted molar refractivity (Wildman–Crippen MR) is 78.8 cm³/mol. The van der Waals surface area contributed by atoms with E-state index in [2.05, 4.69) is 0 Å². The molecular weight excluding hydrogens is 280 g/mol. The maximum absolute atomic E-state index is 11.8. The van der Waals surface area contributed by atoms with E-state index >= 15 is 0 Å². The van der Waals surface area contributed by atoms with Crippen molar-refractivity contribution in [1.82, 2.24) is 0 Å². The summed E-state index contributed by atoms with van der Waals surface area (Å²) >= 11 is 0. The molecule has 4 nitrogen and oxygen atoms in total. The average molecular weight is 294 g/mol. The molecule has 0 aromatic heterocycles. The van der Waals surface area contributed by atoms with Crippen molar-refractivity contribution in [3.05, 3.63) is 70.8 Å². The molecule has 3 aliphatic carbocycles. The molecular formula is C18H14O4. The van der Waals surface area contributed by atoms with Gasteiger partial charge in [0.05, 0.1) is 11.8 Å². The molecule has 0 aliphatic heterocycles. The lowest BCUT2D eigenvalue weighted by atomic mass is 9.54. The lowest BCUT2D eigenvalue weighted by Gasteiger charge is -2.47. The molecule has 2 aromatic carbocycles. The van der Waals surface area contributed by atoms with Crippen molar-refractivity contribution >= 4 is 11.9 Å². The summed E-state index contributed by atoms with van der Waals surface area (Å²) in [4.78, 5) is 23.6. The Balaban J connectivity index is 2.06. The zero-order valence-corrected chi connectivity index (χ0v) is 11.6. The molecule has 0 saturated carbocycles. The standard InChI is InChI=1S/C18H14O4/c19-17(20)15-13-9-5-1-2-6-10(9)14(16(15)18(21)22)12-8-4-3-7-11(12)13/h1-8,13-16H,(H,19,20)(H,21,22)/t13?,14?,15-,16+. The van der Waals surface area contributed by atoms with E-state index in [4.69, 9.17) is 0 Å². The number of rotatable bonds is 2. The Morgan fingerprint density at radius 1 is 0.636 bits per heavy atom. The number of fused-ring (bicyclic) bond motifs is 1. The lowest BCUT2D eigenvalue weighted by molar-refractivity contribution is -0.156. The van der Waals surface area contributed by atoms with Crippen LogP contribution in [-0.4, -0.2) is 22.2 Å². The third-order valence-corrected chi connectivity index (χ3v) is 5.01. The zero-order chi connectivity index (χ0) is 15.4. The van der Waals surface area contributed by atoms with Gasteiger partial charge in [0.15, 0.2) is 0 Å². The van der Waals surface area contributed by atoms with E-state index in [0.29, 0.717) is 0 Å². The van der Waals surface area contributed by atoms with Crippen molar-refractivity contribution in [3.63, 3.8) is 0 Å². The maximum atomic E-state index is 11.8. The van der Waals surface area contributed by atoms with Crippen LogP contribution in [0, 0.1) is 11.8 Å². The van der Waals surface area contributed by atoms with Gasteiger partial charge in [-0.05, 0) is 22.3 Å². The molecule has 2 bridgehead atoms. The highest BCUT2D eigenvalue weighted by Crippen LogP contribution is 2.58. The average Bonchev–Trinajstić information content (AvgIpc) is 2.53. The number of carboxylic acid groups (broad SMARTS) is 2. The summed E-state index contributed by atoms with van der Waals surface area (Å²) in [7, 11) is 0. The molecule has 0 fully saturated rings. The number of hydrogen-bond donors (Lipinski definition) is 2. The Kier molecular flexibility index (Phi) is 2.64. The Hall–Kier alpha value is -2.62. The van der Waals surface area contributed by atoms with Crippen molar-refractivity contribution in [3.8, 4) is 0 Å². The number of carboxylic acids is 2. The van der Waals surface area contributed by atoms with Gasteiger partial charge in [-0.25, -0.2) is 0 Å². The van der Waals surface area contributed by atoms with Gasteiger partial charge in [0.2, 0.25) is 0 Å². The normalized spacial score (nSPS) is 27.8. The van der Waals surface area contributed by atoms with Crippen LogP contribution in [0.3, 0.4) is 0 Å². The van der Waals surface area contributed by atoms with Crippen LogP contribution >= 0.6 is 0 Å². The van der Waals surface area contributed by atoms with Crippen molar-refractivity contribution < 1.29 is 19.8 Å². The fourth-order valence-electron chi connectivity index (χ4n) is 4.27. The van der Waals surface area contributed by atoms with Crippen LogP contribution in [0.5, 0.6) is 0 Å². The van der Waals surface area contributed by atoms with E-state index < -0.39 is 35.6 Å². The van der Waals surface area contributed by atoms with Gasteiger partial charge in [-0.15, -0.1) is 0 Å². The molecule has 0 spiro atoms. The molecule has 110 valence electrons. The van der Waals surface area contributed by atoms with Crippen LogP contribution in [0.25, 0.3) is 0 Å². The van der Waals surface area contributed by atoms with E-state index in [1.807, 2.05) is 48.5 Å². The highest BCUT2D eigenvalue weighted by atomic mass is 16.4. The van der Waals surface area contributed by atoms with Gasteiger partial charge in [-0.2, -0.15) is 0 Å². The highest BCUT2D eigenvalue weighted by Gasteiger charge is 2.55. The Morgan fingerprint density at radius 2 is 0.909 bits per heavy atom. The first-order valence-electron chi connectivity index (χ1n) is 7.24. The fourth-order valence-corrected chi connectivity index (χ4v) is 4.27. The van der Waals surface area contributed by atoms with Crippen LogP contribution in [-0.2, 0) is 9.59 Å². The summed E-state index contributed by atoms with van der Waals surface area (Å²) in [6, 6.07) is 15.3. The molecule has 5 rings (SSSR count). The van der Waals surface area contributed by atoms with Gasteiger partial charge in [-0.3, -0.25) is 9.59 Å². The molecule has 0 amide bonds. The lowest BCUT2D eigenvalue weighted by Crippen LogP contribution is -2.46. The largest absolute Gasteiger partial charge is 0.481 e. The van der Waals surface area contributed by atoms with Crippen LogP contribution in [0.4, 0.5) is 0 Å². The molecule has 2 aromatic rings. The summed E-state index contributed by atoms with van der Waals surface area (Å²) in [6.45, 7) is 0. The van der Waals surface area contributed by atoms with Crippen molar-refractivity contribution in [2.24, 2.45) is 11.8 Å². The van der Waals surface area contributed by atoms with Crippen LogP contribution in [0.15, 0.2) is 48.5 Å². The van der Waals surface area contributed by atoms with E-state index in [9.17, 15) is 19.8 Å². The minimum Gasteiger partial charge on any atom is -0.481 e. The first kappa shape index (κ1) is 13.1. The van der Waals surface area contributed by atoms with Crippen molar-refractivity contribution in [2.45, 2.75) is 11.8 Å². The van der Waals surface area contributed by atoms with Crippen molar-refractivity contribution in [1.29, 1.82) is 0 Å². The van der Waals surface area contributed by atoms with E-state index in [-0.39, 0.29) is 0 Å². The molecule has 3 aliphatic rings. The van der Waals surface area contributed by atoms with Gasteiger partial charge in [0.1, 0.15) is 0 Å². The second-order valence-electron chi connectivity index (χ2n) is 5.94. The van der Waals surface area contributed by atoms with Gasteiger partial charge in [-0.1, -0.05) is 48.5 Å². The quantitative estimate of drug-likeness (QED) is 0.893. The molecule has 0 saturated heterocycles. The maximum Gasteiger partial charge on any atom is 0.308 e. The monoisotopic (exact) mass is 294 g/mol. The highest BCUT2D eigenvalue weighted by molar-refractivity contribution is 5.86. The molecule has 2 N–H and O–H groups in total. The first-order chi connectivity index (χ1) is 10.6. The smallest absolute Gasteiger partial charge is 0.308 e. The SMILES string of the molecule is O=C(O)[C@@H]1C2c3ccccc3C(c3ccccc32)[C@@H]1C(=O)O. The summed E-state index contributed by atoms with van der Waals surface area (Å²) in [5, 5.41) is 19.3. The Labute approximate surface area is 127 Å². The van der Waals surface area contributed by atoms with Gasteiger partial charge in [0, 0.05) is 11.8 Å². The summed E-state index contributed by atoms with van der Waals surface area (Å²) in [5.74, 6) is -4.70. The molecule has 2 atom stereocenters. The second kappa shape index (κ2) is 4.44. The second-order valence-corrected chi connectivity index (χ2v) is 5.94. The van der Waals surface area contributed by atoms with E-state index in [1.165, 1.54) is 0 Å². The van der Waals surface area contributed by atoms with Crippen LogP contribution < -0.4 is 0 Å². The zero-order valence-electron chi connectivity index (χ0n) is 11.6. The van der Waals surface area contributed by atoms with Crippen molar-refractivity contribution in [2.75, 3.05) is 0 Å². The van der Waals surface area contributed by atoms with Gasteiger partial charge in [0.25, 0.3) is 0 Å².